The van der Waals surface area contributed by atoms with Crippen molar-refractivity contribution in [2.24, 2.45) is 5.92 Å². The molecule has 0 saturated heterocycles. The highest BCUT2D eigenvalue weighted by molar-refractivity contribution is 5.93. The first kappa shape index (κ1) is 24.2. The van der Waals surface area contributed by atoms with E-state index in [4.69, 9.17) is 0 Å². The Morgan fingerprint density at radius 2 is 1.68 bits per heavy atom. The Morgan fingerprint density at radius 3 is 2.29 bits per heavy atom. The highest BCUT2D eigenvalue weighted by atomic mass is 16.3. The van der Waals surface area contributed by atoms with Gasteiger partial charge in [-0.25, -0.2) is 0 Å². The van der Waals surface area contributed by atoms with Crippen molar-refractivity contribution in [1.82, 2.24) is 15.6 Å². The number of aliphatic hydroxyl groups is 1. The molecule has 7 nitrogen and oxygen atoms in total. The fraction of sp³-hybridized carbons (Fsp3) is 0.417. The number of pyridine rings is 1. The zero-order valence-electron chi connectivity index (χ0n) is 18.1. The molecule has 0 bridgehead atoms. The van der Waals surface area contributed by atoms with Crippen molar-refractivity contribution in [3.8, 4) is 0 Å². The van der Waals surface area contributed by atoms with Crippen LogP contribution < -0.4 is 10.6 Å². The molecule has 3 N–H and O–H groups in total. The Labute approximate surface area is 183 Å². The number of hydrogen-bond donors (Lipinski definition) is 3. The molecule has 1 aromatic carbocycles. The molecule has 0 aliphatic heterocycles. The number of ketones is 1. The molecule has 1 unspecified atom stereocenters. The lowest BCUT2D eigenvalue weighted by atomic mass is 9.96. The van der Waals surface area contributed by atoms with Crippen molar-refractivity contribution in [3.63, 3.8) is 0 Å². The van der Waals surface area contributed by atoms with Gasteiger partial charge in [-0.15, -0.1) is 0 Å². The first-order valence-corrected chi connectivity index (χ1v) is 10.6. The third-order valence-corrected chi connectivity index (χ3v) is 5.35. The number of carbonyl (C=O) groups excluding carboxylic acids is 3. The topological polar surface area (TPSA) is 108 Å². The SMILES string of the molecule is CCC(C)[C@H](NC(=O)Cc1ccncc1)C(=O)N[C@@H](CCc1ccccc1)C(=O)CO. The van der Waals surface area contributed by atoms with Crippen molar-refractivity contribution < 1.29 is 19.5 Å². The van der Waals surface area contributed by atoms with Gasteiger partial charge in [0.1, 0.15) is 12.6 Å². The summed E-state index contributed by atoms with van der Waals surface area (Å²) >= 11 is 0. The van der Waals surface area contributed by atoms with Crippen LogP contribution in [0.15, 0.2) is 54.9 Å². The summed E-state index contributed by atoms with van der Waals surface area (Å²) in [4.78, 5) is 41.7. The number of aromatic nitrogens is 1. The Hall–Kier alpha value is -3.06. The van der Waals surface area contributed by atoms with Gasteiger partial charge in [0.15, 0.2) is 5.78 Å². The Bertz CT molecular complexity index is 842. The Kier molecular flexibility index (Phi) is 9.84. The number of aliphatic hydroxyl groups excluding tert-OH is 1. The predicted octanol–water partition coefficient (Wildman–Crippen LogP) is 1.83. The van der Waals surface area contributed by atoms with Crippen LogP contribution >= 0.6 is 0 Å². The summed E-state index contributed by atoms with van der Waals surface area (Å²) in [5.74, 6) is -1.27. The number of Topliss-reactive ketones (excluding diaryl/α,β-unsaturated/α-hetero) is 1. The molecule has 0 radical (unpaired) electrons. The number of nitrogens with one attached hydrogen (secondary N) is 2. The van der Waals surface area contributed by atoms with E-state index in [-0.39, 0.29) is 18.2 Å². The number of hydrogen-bond acceptors (Lipinski definition) is 5. The highest BCUT2D eigenvalue weighted by Crippen LogP contribution is 2.11. The third kappa shape index (κ3) is 7.94. The molecule has 3 atom stereocenters. The number of nitrogens with zero attached hydrogens (tertiary/aromatic N) is 1. The highest BCUT2D eigenvalue weighted by Gasteiger charge is 2.29. The van der Waals surface area contributed by atoms with Gasteiger partial charge in [-0.2, -0.15) is 0 Å². The first-order chi connectivity index (χ1) is 14.9. The predicted molar refractivity (Wildman–Crippen MR) is 118 cm³/mol. The van der Waals surface area contributed by atoms with Crippen LogP contribution in [0.2, 0.25) is 0 Å². The molecule has 7 heteroatoms. The van der Waals surface area contributed by atoms with Gasteiger partial charge in [-0.3, -0.25) is 19.4 Å². The van der Waals surface area contributed by atoms with Crippen LogP contribution in [0.25, 0.3) is 0 Å². The lowest BCUT2D eigenvalue weighted by molar-refractivity contribution is -0.133. The van der Waals surface area contributed by atoms with E-state index < -0.39 is 30.4 Å². The largest absolute Gasteiger partial charge is 0.389 e. The number of aryl methyl sites for hydroxylation is 1. The second-order valence-electron chi connectivity index (χ2n) is 7.67. The number of carbonyl (C=O) groups is 3. The van der Waals surface area contributed by atoms with E-state index in [1.165, 1.54) is 0 Å². The minimum Gasteiger partial charge on any atom is -0.389 e. The summed E-state index contributed by atoms with van der Waals surface area (Å²) in [7, 11) is 0. The monoisotopic (exact) mass is 425 g/mol. The minimum absolute atomic E-state index is 0.125. The molecule has 0 fully saturated rings. The number of amides is 2. The summed E-state index contributed by atoms with van der Waals surface area (Å²) in [6.07, 6.45) is 4.98. The summed E-state index contributed by atoms with van der Waals surface area (Å²) in [5, 5.41) is 14.9. The Morgan fingerprint density at radius 1 is 1.00 bits per heavy atom. The molecule has 1 heterocycles. The smallest absolute Gasteiger partial charge is 0.243 e. The van der Waals surface area contributed by atoms with Crippen molar-refractivity contribution in [1.29, 1.82) is 0 Å². The maximum atomic E-state index is 13.0. The molecule has 2 rings (SSSR count). The van der Waals surface area contributed by atoms with Crippen LogP contribution in [0.5, 0.6) is 0 Å². The van der Waals surface area contributed by atoms with Crippen molar-refractivity contribution >= 4 is 17.6 Å². The molecular weight excluding hydrogens is 394 g/mol. The molecule has 166 valence electrons. The second kappa shape index (κ2) is 12.6. The standard InChI is InChI=1S/C24H31N3O4/c1-3-17(2)23(27-22(30)15-19-11-13-25-14-12-19)24(31)26-20(21(29)16-28)10-9-18-7-5-4-6-8-18/h4-8,11-14,17,20,23,28H,3,9-10,15-16H2,1-2H3,(H,26,31)(H,27,30)/t17?,20-,23-/m0/s1. The number of rotatable bonds is 12. The minimum atomic E-state index is -0.818. The summed E-state index contributed by atoms with van der Waals surface area (Å²) in [6, 6.07) is 11.5. The van der Waals surface area contributed by atoms with E-state index in [2.05, 4.69) is 15.6 Å². The van der Waals surface area contributed by atoms with Crippen molar-refractivity contribution in [3.05, 3.63) is 66.0 Å². The fourth-order valence-corrected chi connectivity index (χ4v) is 3.25. The number of benzene rings is 1. The van der Waals surface area contributed by atoms with Crippen LogP contribution in [-0.2, 0) is 27.2 Å². The zero-order chi connectivity index (χ0) is 22.6. The van der Waals surface area contributed by atoms with Gasteiger partial charge in [0.05, 0.1) is 12.5 Å². The Balaban J connectivity index is 2.04. The van der Waals surface area contributed by atoms with Crippen LogP contribution in [0.4, 0.5) is 0 Å². The van der Waals surface area contributed by atoms with E-state index >= 15 is 0 Å². The van der Waals surface area contributed by atoms with Crippen LogP contribution in [-0.4, -0.2) is 46.4 Å². The second-order valence-corrected chi connectivity index (χ2v) is 7.67. The molecule has 1 aromatic heterocycles. The third-order valence-electron chi connectivity index (χ3n) is 5.35. The molecule has 2 amide bonds. The fourth-order valence-electron chi connectivity index (χ4n) is 3.25. The van der Waals surface area contributed by atoms with Crippen molar-refractivity contribution in [2.45, 2.75) is 51.6 Å². The van der Waals surface area contributed by atoms with Crippen LogP contribution in [0.1, 0.15) is 37.8 Å². The van der Waals surface area contributed by atoms with E-state index in [1.54, 1.807) is 24.5 Å². The van der Waals surface area contributed by atoms with E-state index in [0.717, 1.165) is 11.1 Å². The van der Waals surface area contributed by atoms with Gasteiger partial charge in [0.25, 0.3) is 0 Å². The average Bonchev–Trinajstić information content (AvgIpc) is 2.80. The quantitative estimate of drug-likeness (QED) is 0.481. The molecule has 31 heavy (non-hydrogen) atoms. The van der Waals surface area contributed by atoms with Gasteiger partial charge in [0, 0.05) is 12.4 Å². The van der Waals surface area contributed by atoms with E-state index in [1.807, 2.05) is 44.2 Å². The molecule has 0 aliphatic carbocycles. The normalized spacial score (nSPS) is 13.6. The maximum Gasteiger partial charge on any atom is 0.243 e. The molecule has 2 aromatic rings. The molecule has 0 spiro atoms. The molecule has 0 saturated carbocycles. The van der Waals surface area contributed by atoms with E-state index in [0.29, 0.717) is 19.3 Å². The van der Waals surface area contributed by atoms with Gasteiger partial charge in [-0.05, 0) is 42.0 Å². The lowest BCUT2D eigenvalue weighted by Crippen LogP contribution is -2.54. The summed E-state index contributed by atoms with van der Waals surface area (Å²) in [6.45, 7) is 3.16. The van der Waals surface area contributed by atoms with Crippen molar-refractivity contribution in [2.75, 3.05) is 6.61 Å². The van der Waals surface area contributed by atoms with E-state index in [9.17, 15) is 19.5 Å². The van der Waals surface area contributed by atoms with Crippen LogP contribution in [0, 0.1) is 5.92 Å². The van der Waals surface area contributed by atoms with Gasteiger partial charge in [0.2, 0.25) is 11.8 Å². The summed E-state index contributed by atoms with van der Waals surface area (Å²) < 4.78 is 0. The maximum absolute atomic E-state index is 13.0. The summed E-state index contributed by atoms with van der Waals surface area (Å²) in [5.41, 5.74) is 1.84. The van der Waals surface area contributed by atoms with Gasteiger partial charge in [-0.1, -0.05) is 50.6 Å². The molecular formula is C24H31N3O4. The van der Waals surface area contributed by atoms with Crippen LogP contribution in [0.3, 0.4) is 0 Å². The average molecular weight is 426 g/mol. The zero-order valence-corrected chi connectivity index (χ0v) is 18.1. The lowest BCUT2D eigenvalue weighted by Gasteiger charge is -2.26. The van der Waals surface area contributed by atoms with Gasteiger partial charge < -0.3 is 15.7 Å². The van der Waals surface area contributed by atoms with Gasteiger partial charge >= 0.3 is 0 Å². The first-order valence-electron chi connectivity index (χ1n) is 10.6. The molecule has 0 aliphatic rings.